The number of oxime groups is 1. The van der Waals surface area contributed by atoms with E-state index in [2.05, 4.69) is 15.5 Å². The summed E-state index contributed by atoms with van der Waals surface area (Å²) in [6.45, 7) is 8.01. The molecule has 3 aliphatic rings. The largest absolute Gasteiger partial charge is 0.427 e. The van der Waals surface area contributed by atoms with Gasteiger partial charge in [0.1, 0.15) is 30.0 Å². The van der Waals surface area contributed by atoms with Crippen molar-refractivity contribution in [3.05, 3.63) is 22.3 Å². The topological polar surface area (TPSA) is 181 Å². The standard InChI is InChI=1S/C25H33N5O9S3/c1-23(2,3)21(34)37-11-36-18(32)16-12(14-8-38-24(4,5)39-14)9-41-20-25(40-7,19(33)30(16)20)28-17(31)15(29-35-6)13-10-42-22(26)27-13/h10,14,20H,8-9,11H2,1-7H3,(H2,26,27)(H,28,31)/b29-15-/t14?,20-,25?/m0/s1. The van der Waals surface area contributed by atoms with Gasteiger partial charge in [0.2, 0.25) is 6.79 Å². The SMILES string of the molecule is CO/N=C(\C(=O)NC1(SC)C(=O)N2C(C(=O)OCOC(=O)C(C)(C)C)=C(C3COC(C)(C)O3)CS[C@H]21)c1csc(N)n1. The fourth-order valence-corrected chi connectivity index (χ4v) is 7.56. The number of nitrogens with one attached hydrogen (secondary N) is 1. The molecule has 3 atom stereocenters. The number of nitrogens with two attached hydrogens (primary N) is 1. The summed E-state index contributed by atoms with van der Waals surface area (Å²) in [5, 5.41) is 7.65. The van der Waals surface area contributed by atoms with Crippen molar-refractivity contribution in [2.24, 2.45) is 10.6 Å². The molecule has 3 N–H and O–H groups in total. The summed E-state index contributed by atoms with van der Waals surface area (Å²) in [5.41, 5.74) is 5.39. The number of amides is 2. The molecule has 0 aliphatic carbocycles. The second-order valence-electron chi connectivity index (χ2n) is 10.8. The van der Waals surface area contributed by atoms with Crippen molar-refractivity contribution in [1.82, 2.24) is 15.2 Å². The van der Waals surface area contributed by atoms with Crippen molar-refractivity contribution in [1.29, 1.82) is 0 Å². The van der Waals surface area contributed by atoms with Crippen LogP contribution in [0.4, 0.5) is 5.13 Å². The van der Waals surface area contributed by atoms with Crippen LogP contribution in [0.3, 0.4) is 0 Å². The molecule has 42 heavy (non-hydrogen) atoms. The predicted octanol–water partition coefficient (Wildman–Crippen LogP) is 1.66. The van der Waals surface area contributed by atoms with Crippen LogP contribution in [0.1, 0.15) is 40.3 Å². The van der Waals surface area contributed by atoms with Crippen LogP contribution in [-0.4, -0.2) is 94.0 Å². The van der Waals surface area contributed by atoms with E-state index in [0.29, 0.717) is 5.57 Å². The third-order valence-corrected chi connectivity index (χ3v) is 9.75. The van der Waals surface area contributed by atoms with E-state index in [0.717, 1.165) is 23.1 Å². The van der Waals surface area contributed by atoms with Crippen LogP contribution >= 0.6 is 34.9 Å². The fourth-order valence-electron chi connectivity index (χ4n) is 4.34. The molecule has 14 nitrogen and oxygen atoms in total. The number of carbonyl (C=O) groups is 4. The minimum Gasteiger partial charge on any atom is -0.427 e. The van der Waals surface area contributed by atoms with Gasteiger partial charge in [-0.25, -0.2) is 9.78 Å². The minimum absolute atomic E-state index is 0.0427. The molecular formula is C25H33N5O9S3. The van der Waals surface area contributed by atoms with Gasteiger partial charge in [0.05, 0.1) is 12.0 Å². The third-order valence-electron chi connectivity index (χ3n) is 6.43. The van der Waals surface area contributed by atoms with Crippen LogP contribution in [0.2, 0.25) is 0 Å². The minimum atomic E-state index is -1.46. The number of anilines is 1. The molecule has 3 aliphatic heterocycles. The van der Waals surface area contributed by atoms with E-state index in [4.69, 9.17) is 29.5 Å². The van der Waals surface area contributed by atoms with Gasteiger partial charge in [-0.3, -0.25) is 19.3 Å². The number of β-lactam (4-membered cyclic amide) rings is 1. The quantitative estimate of drug-likeness (QED) is 0.130. The number of hydrogen-bond acceptors (Lipinski definition) is 15. The number of ether oxygens (including phenoxy) is 4. The van der Waals surface area contributed by atoms with E-state index < -0.39 is 58.1 Å². The number of nitrogen functional groups attached to an aromatic ring is 1. The smallest absolute Gasteiger partial charge is 0.358 e. The van der Waals surface area contributed by atoms with Gasteiger partial charge in [-0.2, -0.15) is 0 Å². The maximum Gasteiger partial charge on any atom is 0.358 e. The van der Waals surface area contributed by atoms with Gasteiger partial charge in [-0.1, -0.05) is 5.16 Å². The maximum absolute atomic E-state index is 13.9. The van der Waals surface area contributed by atoms with Crippen molar-refractivity contribution in [2.45, 2.75) is 56.8 Å². The number of fused-ring (bicyclic) bond motifs is 1. The van der Waals surface area contributed by atoms with Crippen molar-refractivity contribution >= 4 is 69.5 Å². The Morgan fingerprint density at radius 3 is 2.57 bits per heavy atom. The number of nitrogens with zero attached hydrogens (tertiary/aromatic N) is 3. The van der Waals surface area contributed by atoms with Crippen LogP contribution in [0, 0.1) is 5.41 Å². The first kappa shape index (κ1) is 32.1. The number of hydrogen-bond donors (Lipinski definition) is 2. The van der Waals surface area contributed by atoms with Gasteiger partial charge in [-0.15, -0.1) is 34.9 Å². The van der Waals surface area contributed by atoms with Gasteiger partial charge >= 0.3 is 11.9 Å². The number of carbonyl (C=O) groups excluding carboxylic acids is 4. The van der Waals surface area contributed by atoms with Crippen LogP contribution < -0.4 is 11.1 Å². The number of thioether (sulfide) groups is 2. The van der Waals surface area contributed by atoms with Crippen LogP contribution in [0.25, 0.3) is 0 Å². The average Bonchev–Trinajstić information content (AvgIpc) is 3.52. The zero-order valence-electron chi connectivity index (χ0n) is 24.2. The molecule has 1 aromatic rings. The van der Waals surface area contributed by atoms with E-state index in [1.807, 2.05) is 0 Å². The molecule has 2 amide bonds. The van der Waals surface area contributed by atoms with E-state index in [-0.39, 0.29) is 34.6 Å². The van der Waals surface area contributed by atoms with E-state index in [1.165, 1.54) is 23.8 Å². The summed E-state index contributed by atoms with van der Waals surface area (Å²) in [6, 6.07) is 0. The van der Waals surface area contributed by atoms with E-state index in [1.54, 1.807) is 46.3 Å². The molecule has 0 radical (unpaired) electrons. The Bertz CT molecular complexity index is 1340. The summed E-state index contributed by atoms with van der Waals surface area (Å²) < 4.78 is 22.1. The van der Waals surface area contributed by atoms with Gasteiger partial charge in [0.25, 0.3) is 11.8 Å². The molecule has 17 heteroatoms. The van der Waals surface area contributed by atoms with Crippen LogP contribution in [0.5, 0.6) is 0 Å². The number of esters is 2. The Morgan fingerprint density at radius 2 is 2.02 bits per heavy atom. The molecule has 2 saturated heterocycles. The van der Waals surface area contributed by atoms with Crippen LogP contribution in [0.15, 0.2) is 21.8 Å². The van der Waals surface area contributed by atoms with Crippen LogP contribution in [-0.2, 0) is 43.0 Å². The molecule has 0 aromatic carbocycles. The maximum atomic E-state index is 13.9. The number of thiazole rings is 1. The second-order valence-corrected chi connectivity index (χ2v) is 13.9. The molecule has 0 spiro atoms. The molecular weight excluding hydrogens is 611 g/mol. The van der Waals surface area contributed by atoms with Crippen molar-refractivity contribution in [2.75, 3.05) is 38.3 Å². The van der Waals surface area contributed by atoms with Gasteiger partial charge in [-0.05, 0) is 40.9 Å². The molecule has 4 heterocycles. The Hall–Kier alpha value is -2.86. The molecule has 0 bridgehead atoms. The van der Waals surface area contributed by atoms with Gasteiger partial charge < -0.3 is 34.8 Å². The highest BCUT2D eigenvalue weighted by Gasteiger charge is 2.66. The molecule has 4 rings (SSSR count). The molecule has 1 aromatic heterocycles. The predicted molar refractivity (Wildman–Crippen MR) is 156 cm³/mol. The zero-order valence-corrected chi connectivity index (χ0v) is 26.6. The summed E-state index contributed by atoms with van der Waals surface area (Å²) >= 11 is 3.57. The van der Waals surface area contributed by atoms with Gasteiger partial charge in [0, 0.05) is 16.7 Å². The lowest BCUT2D eigenvalue weighted by Crippen LogP contribution is -2.78. The lowest BCUT2D eigenvalue weighted by Gasteiger charge is -2.56. The highest BCUT2D eigenvalue weighted by Crippen LogP contribution is 2.52. The van der Waals surface area contributed by atoms with Gasteiger partial charge in [0.15, 0.2) is 21.5 Å². The number of rotatable bonds is 9. The average molecular weight is 644 g/mol. The Labute approximate surface area is 255 Å². The Balaban J connectivity index is 1.62. The lowest BCUT2D eigenvalue weighted by molar-refractivity contribution is -0.173. The van der Waals surface area contributed by atoms with Crippen molar-refractivity contribution in [3.63, 3.8) is 0 Å². The molecule has 2 unspecified atom stereocenters. The first-order chi connectivity index (χ1) is 19.6. The summed E-state index contributed by atoms with van der Waals surface area (Å²) in [5.74, 6) is -3.35. The van der Waals surface area contributed by atoms with E-state index in [9.17, 15) is 19.2 Å². The van der Waals surface area contributed by atoms with Crippen molar-refractivity contribution in [3.8, 4) is 0 Å². The zero-order chi connectivity index (χ0) is 31.0. The fraction of sp³-hybridized carbons (Fsp3) is 0.600. The highest BCUT2D eigenvalue weighted by atomic mass is 32.2. The van der Waals surface area contributed by atoms with E-state index >= 15 is 0 Å². The molecule has 230 valence electrons. The lowest BCUT2D eigenvalue weighted by atomic mass is 9.98. The second kappa shape index (κ2) is 12.0. The summed E-state index contributed by atoms with van der Waals surface area (Å²) in [7, 11) is 1.28. The summed E-state index contributed by atoms with van der Waals surface area (Å²) in [4.78, 5) is 61.7. The Morgan fingerprint density at radius 1 is 1.31 bits per heavy atom. The monoisotopic (exact) mass is 643 g/mol. The third kappa shape index (κ3) is 6.10. The first-order valence-corrected chi connectivity index (χ1v) is 15.8. The first-order valence-electron chi connectivity index (χ1n) is 12.7. The Kier molecular flexibility index (Phi) is 9.18. The van der Waals surface area contributed by atoms with Crippen molar-refractivity contribution < 1.29 is 43.0 Å². The number of aromatic nitrogens is 1. The summed E-state index contributed by atoms with van der Waals surface area (Å²) in [6.07, 6.45) is 1.04. The molecule has 2 fully saturated rings. The highest BCUT2D eigenvalue weighted by molar-refractivity contribution is 8.05. The molecule has 0 saturated carbocycles. The normalized spacial score (nSPS) is 25.5.